The van der Waals surface area contributed by atoms with E-state index in [9.17, 15) is 0 Å². The molecule has 0 spiro atoms. The number of nitrogens with two attached hydrogens (primary N) is 1. The van der Waals surface area contributed by atoms with E-state index >= 15 is 0 Å². The number of hydrogen-bond acceptors (Lipinski definition) is 3. The van der Waals surface area contributed by atoms with Crippen molar-refractivity contribution < 1.29 is 0 Å². The Morgan fingerprint density at radius 2 is 2.20 bits per heavy atom. The van der Waals surface area contributed by atoms with Gasteiger partial charge in [0.05, 0.1) is 0 Å². The summed E-state index contributed by atoms with van der Waals surface area (Å²) in [5.41, 5.74) is 6.88. The van der Waals surface area contributed by atoms with E-state index < -0.39 is 0 Å². The van der Waals surface area contributed by atoms with Gasteiger partial charge in [0, 0.05) is 18.4 Å². The van der Waals surface area contributed by atoms with Crippen molar-refractivity contribution in [2.75, 3.05) is 20.6 Å². The fourth-order valence-electron chi connectivity index (χ4n) is 2.11. The van der Waals surface area contributed by atoms with Gasteiger partial charge >= 0.3 is 0 Å². The highest BCUT2D eigenvalue weighted by molar-refractivity contribution is 5.14. The highest BCUT2D eigenvalue weighted by atomic mass is 15.1. The van der Waals surface area contributed by atoms with Gasteiger partial charge < -0.3 is 10.6 Å². The summed E-state index contributed by atoms with van der Waals surface area (Å²) in [4.78, 5) is 6.41. The summed E-state index contributed by atoms with van der Waals surface area (Å²) >= 11 is 0. The standard InChI is InChI=1S/C12H21N3/c1-10(6-7-13)12(15(2)3)11-5-4-8-14-9-11/h4-5,8-10,12H,6-7,13H2,1-3H3. The zero-order valence-electron chi connectivity index (χ0n) is 9.85. The number of aromatic nitrogens is 1. The first-order chi connectivity index (χ1) is 7.16. The smallest absolute Gasteiger partial charge is 0.0383 e. The maximum absolute atomic E-state index is 5.61. The van der Waals surface area contributed by atoms with Crippen LogP contribution >= 0.6 is 0 Å². The van der Waals surface area contributed by atoms with Crippen molar-refractivity contribution in [1.82, 2.24) is 9.88 Å². The predicted octanol–water partition coefficient (Wildman–Crippen LogP) is 1.67. The van der Waals surface area contributed by atoms with Gasteiger partial charge in [0.25, 0.3) is 0 Å². The number of rotatable bonds is 5. The Balaban J connectivity index is 2.83. The van der Waals surface area contributed by atoms with Crippen molar-refractivity contribution in [3.63, 3.8) is 0 Å². The van der Waals surface area contributed by atoms with Crippen LogP contribution in [0.4, 0.5) is 0 Å². The summed E-state index contributed by atoms with van der Waals surface area (Å²) in [6.45, 7) is 2.98. The van der Waals surface area contributed by atoms with Crippen LogP contribution in [0.5, 0.6) is 0 Å². The Morgan fingerprint density at radius 1 is 1.47 bits per heavy atom. The topological polar surface area (TPSA) is 42.1 Å². The van der Waals surface area contributed by atoms with Gasteiger partial charge in [0.15, 0.2) is 0 Å². The second-order valence-corrected chi connectivity index (χ2v) is 4.25. The van der Waals surface area contributed by atoms with E-state index in [2.05, 4.69) is 37.0 Å². The Labute approximate surface area is 92.3 Å². The van der Waals surface area contributed by atoms with Crippen molar-refractivity contribution in [1.29, 1.82) is 0 Å². The van der Waals surface area contributed by atoms with Crippen LogP contribution in [-0.2, 0) is 0 Å². The Morgan fingerprint density at radius 3 is 2.67 bits per heavy atom. The predicted molar refractivity (Wildman–Crippen MR) is 63.5 cm³/mol. The van der Waals surface area contributed by atoms with Gasteiger partial charge in [-0.05, 0) is 44.6 Å². The molecule has 15 heavy (non-hydrogen) atoms. The van der Waals surface area contributed by atoms with Gasteiger partial charge in [-0.15, -0.1) is 0 Å². The molecule has 0 aliphatic carbocycles. The first-order valence-corrected chi connectivity index (χ1v) is 5.43. The van der Waals surface area contributed by atoms with Crippen LogP contribution in [0.2, 0.25) is 0 Å². The van der Waals surface area contributed by atoms with Gasteiger partial charge in [-0.1, -0.05) is 13.0 Å². The van der Waals surface area contributed by atoms with E-state index in [0.29, 0.717) is 12.0 Å². The van der Waals surface area contributed by atoms with Crippen LogP contribution < -0.4 is 5.73 Å². The van der Waals surface area contributed by atoms with Crippen LogP contribution in [0.25, 0.3) is 0 Å². The Hall–Kier alpha value is -0.930. The van der Waals surface area contributed by atoms with E-state index in [0.717, 1.165) is 13.0 Å². The van der Waals surface area contributed by atoms with Crippen LogP contribution in [0.15, 0.2) is 24.5 Å². The van der Waals surface area contributed by atoms with Crippen LogP contribution in [0, 0.1) is 5.92 Å². The summed E-state index contributed by atoms with van der Waals surface area (Å²) in [5, 5.41) is 0. The molecule has 2 N–H and O–H groups in total. The van der Waals surface area contributed by atoms with Crippen LogP contribution in [0.3, 0.4) is 0 Å². The highest BCUT2D eigenvalue weighted by Gasteiger charge is 2.20. The summed E-state index contributed by atoms with van der Waals surface area (Å²) in [6, 6.07) is 4.52. The number of nitrogens with zero attached hydrogens (tertiary/aromatic N) is 2. The summed E-state index contributed by atoms with van der Waals surface area (Å²) in [7, 11) is 4.20. The largest absolute Gasteiger partial charge is 0.330 e. The van der Waals surface area contributed by atoms with Crippen molar-refractivity contribution in [3.8, 4) is 0 Å². The molecular formula is C12H21N3. The van der Waals surface area contributed by atoms with Crippen molar-refractivity contribution in [2.24, 2.45) is 11.7 Å². The first-order valence-electron chi connectivity index (χ1n) is 5.43. The second-order valence-electron chi connectivity index (χ2n) is 4.25. The SMILES string of the molecule is CC(CCN)C(c1cccnc1)N(C)C. The molecule has 0 bridgehead atoms. The second kappa shape index (κ2) is 5.83. The summed E-state index contributed by atoms with van der Waals surface area (Å²) in [6.07, 6.45) is 4.79. The van der Waals surface area contributed by atoms with Gasteiger partial charge in [0.1, 0.15) is 0 Å². The highest BCUT2D eigenvalue weighted by Crippen LogP contribution is 2.27. The van der Waals surface area contributed by atoms with E-state index in [-0.39, 0.29) is 0 Å². The van der Waals surface area contributed by atoms with E-state index in [1.54, 1.807) is 0 Å². The molecule has 0 saturated carbocycles. The van der Waals surface area contributed by atoms with Gasteiger partial charge in [-0.2, -0.15) is 0 Å². The Kier molecular flexibility index (Phi) is 4.72. The molecule has 0 aliphatic rings. The van der Waals surface area contributed by atoms with E-state index in [1.165, 1.54) is 5.56 Å². The number of pyridine rings is 1. The molecule has 2 unspecified atom stereocenters. The summed E-state index contributed by atoms with van der Waals surface area (Å²) in [5.74, 6) is 0.550. The fourth-order valence-corrected chi connectivity index (χ4v) is 2.11. The van der Waals surface area contributed by atoms with Gasteiger partial charge in [0.2, 0.25) is 0 Å². The molecule has 1 rings (SSSR count). The minimum absolute atomic E-state index is 0.405. The van der Waals surface area contributed by atoms with Gasteiger partial charge in [-0.25, -0.2) is 0 Å². The average Bonchev–Trinajstić information content (AvgIpc) is 2.19. The molecule has 1 aromatic heterocycles. The molecule has 1 aromatic rings. The quantitative estimate of drug-likeness (QED) is 0.798. The molecule has 0 saturated heterocycles. The molecule has 0 aromatic carbocycles. The van der Waals surface area contributed by atoms with Crippen LogP contribution in [0.1, 0.15) is 24.9 Å². The lowest BCUT2D eigenvalue weighted by molar-refractivity contribution is 0.216. The normalized spacial score (nSPS) is 15.3. The maximum atomic E-state index is 5.61. The molecule has 3 heteroatoms. The molecule has 1 heterocycles. The summed E-state index contributed by atoms with van der Waals surface area (Å²) < 4.78 is 0. The maximum Gasteiger partial charge on any atom is 0.0383 e. The van der Waals surface area contributed by atoms with Crippen LogP contribution in [-0.4, -0.2) is 30.5 Å². The monoisotopic (exact) mass is 207 g/mol. The minimum atomic E-state index is 0.405. The molecule has 0 radical (unpaired) electrons. The third kappa shape index (κ3) is 3.29. The van der Waals surface area contributed by atoms with E-state index in [4.69, 9.17) is 5.73 Å². The molecule has 0 aliphatic heterocycles. The fraction of sp³-hybridized carbons (Fsp3) is 0.583. The van der Waals surface area contributed by atoms with Crippen molar-refractivity contribution in [3.05, 3.63) is 30.1 Å². The molecule has 2 atom stereocenters. The average molecular weight is 207 g/mol. The third-order valence-corrected chi connectivity index (χ3v) is 2.74. The van der Waals surface area contributed by atoms with Gasteiger partial charge in [-0.3, -0.25) is 4.98 Å². The molecule has 84 valence electrons. The zero-order chi connectivity index (χ0) is 11.3. The lowest BCUT2D eigenvalue weighted by Crippen LogP contribution is -2.27. The zero-order valence-corrected chi connectivity index (χ0v) is 9.85. The van der Waals surface area contributed by atoms with E-state index in [1.807, 2.05) is 18.5 Å². The lowest BCUT2D eigenvalue weighted by Gasteiger charge is -2.30. The Bertz CT molecular complexity index is 271. The third-order valence-electron chi connectivity index (χ3n) is 2.74. The van der Waals surface area contributed by atoms with Crippen molar-refractivity contribution in [2.45, 2.75) is 19.4 Å². The molecule has 0 amide bonds. The first kappa shape index (κ1) is 12.1. The van der Waals surface area contributed by atoms with Crippen molar-refractivity contribution >= 4 is 0 Å². The molecule has 3 nitrogen and oxygen atoms in total. The lowest BCUT2D eigenvalue weighted by atomic mass is 9.92. The number of hydrogen-bond donors (Lipinski definition) is 1. The molecular weight excluding hydrogens is 186 g/mol. The molecule has 0 fully saturated rings. The minimum Gasteiger partial charge on any atom is -0.330 e.